The second-order valence-corrected chi connectivity index (χ2v) is 6.84. The molecule has 0 aliphatic carbocycles. The molecule has 0 saturated heterocycles. The van der Waals surface area contributed by atoms with Gasteiger partial charge in [0.2, 0.25) is 5.91 Å². The van der Waals surface area contributed by atoms with E-state index >= 15 is 0 Å². The summed E-state index contributed by atoms with van der Waals surface area (Å²) in [6, 6.07) is 13.7. The smallest absolute Gasteiger partial charge is 0.251 e. The fourth-order valence-corrected chi connectivity index (χ4v) is 2.85. The van der Waals surface area contributed by atoms with Crippen molar-refractivity contribution in [3.05, 3.63) is 70.3 Å². The molecule has 26 heavy (non-hydrogen) atoms. The number of hydrogen-bond donors (Lipinski definition) is 2. The lowest BCUT2D eigenvalue weighted by molar-refractivity contribution is -0.120. The van der Waals surface area contributed by atoms with Gasteiger partial charge in [0.1, 0.15) is 0 Å². The van der Waals surface area contributed by atoms with Gasteiger partial charge in [0.15, 0.2) is 0 Å². The Bertz CT molecular complexity index is 764. The molecule has 5 heteroatoms. The third kappa shape index (κ3) is 6.01. The number of rotatable bonds is 7. The van der Waals surface area contributed by atoms with Crippen LogP contribution in [0.1, 0.15) is 32.6 Å². The Kier molecular flexibility index (Phi) is 6.92. The number of benzene rings is 2. The zero-order chi connectivity index (χ0) is 19.1. The number of carbonyl (C=O) groups excluding carboxylic acids is 2. The summed E-state index contributed by atoms with van der Waals surface area (Å²) in [5.41, 5.74) is 4.88. The van der Waals surface area contributed by atoms with Crippen LogP contribution in [-0.4, -0.2) is 37.4 Å². The van der Waals surface area contributed by atoms with Gasteiger partial charge in [0.05, 0.1) is 6.54 Å². The largest absolute Gasteiger partial charge is 0.350 e. The average molecular weight is 353 g/mol. The molecule has 0 aromatic heterocycles. The molecule has 0 atom stereocenters. The van der Waals surface area contributed by atoms with Gasteiger partial charge in [0, 0.05) is 18.7 Å². The molecule has 0 radical (unpaired) electrons. The van der Waals surface area contributed by atoms with E-state index in [1.54, 1.807) is 0 Å². The number of hydrogen-bond acceptors (Lipinski definition) is 3. The molecule has 0 spiro atoms. The Balaban J connectivity index is 1.87. The summed E-state index contributed by atoms with van der Waals surface area (Å²) in [7, 11) is 4.02. The summed E-state index contributed by atoms with van der Waals surface area (Å²) in [6.07, 6.45) is 0. The summed E-state index contributed by atoms with van der Waals surface area (Å²) < 4.78 is 0. The molecule has 2 aromatic rings. The fraction of sp³-hybridized carbons (Fsp3) is 0.333. The third-order valence-corrected chi connectivity index (χ3v) is 3.97. The topological polar surface area (TPSA) is 61.4 Å². The fourth-order valence-electron chi connectivity index (χ4n) is 2.85. The number of amides is 2. The van der Waals surface area contributed by atoms with E-state index in [-0.39, 0.29) is 18.4 Å². The van der Waals surface area contributed by atoms with Crippen LogP contribution in [0.2, 0.25) is 0 Å². The van der Waals surface area contributed by atoms with Crippen LogP contribution >= 0.6 is 0 Å². The summed E-state index contributed by atoms with van der Waals surface area (Å²) in [4.78, 5) is 26.4. The van der Waals surface area contributed by atoms with Crippen molar-refractivity contribution in [3.8, 4) is 0 Å². The van der Waals surface area contributed by atoms with E-state index < -0.39 is 0 Å². The molecule has 0 bridgehead atoms. The number of nitrogens with one attached hydrogen (secondary N) is 2. The number of nitrogens with zero attached hydrogens (tertiary/aromatic N) is 1. The Labute approximate surface area is 155 Å². The first-order chi connectivity index (χ1) is 12.3. The van der Waals surface area contributed by atoms with Gasteiger partial charge in [-0.1, -0.05) is 41.5 Å². The lowest BCUT2D eigenvalue weighted by Gasteiger charge is -2.15. The van der Waals surface area contributed by atoms with Crippen LogP contribution < -0.4 is 10.6 Å². The average Bonchev–Trinajstić information content (AvgIpc) is 2.57. The number of aryl methyl sites for hydroxylation is 2. The van der Waals surface area contributed by atoms with Gasteiger partial charge in [-0.25, -0.2) is 0 Å². The van der Waals surface area contributed by atoms with Gasteiger partial charge in [-0.15, -0.1) is 0 Å². The lowest BCUT2D eigenvalue weighted by atomic mass is 10.1. The van der Waals surface area contributed by atoms with E-state index in [4.69, 9.17) is 0 Å². The highest BCUT2D eigenvalue weighted by atomic mass is 16.2. The summed E-state index contributed by atoms with van der Waals surface area (Å²) in [6.45, 7) is 5.11. The van der Waals surface area contributed by atoms with Crippen molar-refractivity contribution in [1.82, 2.24) is 15.5 Å². The summed E-state index contributed by atoms with van der Waals surface area (Å²) >= 11 is 0. The summed E-state index contributed by atoms with van der Waals surface area (Å²) in [5.74, 6) is -0.442. The molecule has 0 saturated carbocycles. The van der Waals surface area contributed by atoms with Crippen molar-refractivity contribution in [3.63, 3.8) is 0 Å². The second-order valence-electron chi connectivity index (χ2n) is 6.84. The molecular weight excluding hydrogens is 326 g/mol. The minimum Gasteiger partial charge on any atom is -0.350 e. The van der Waals surface area contributed by atoms with E-state index in [1.807, 2.05) is 64.3 Å². The van der Waals surface area contributed by atoms with Crippen molar-refractivity contribution < 1.29 is 9.59 Å². The Morgan fingerprint density at radius 2 is 1.54 bits per heavy atom. The molecule has 5 nitrogen and oxygen atoms in total. The maximum absolute atomic E-state index is 12.2. The molecule has 2 amide bonds. The van der Waals surface area contributed by atoms with E-state index in [1.165, 1.54) is 5.56 Å². The van der Waals surface area contributed by atoms with Crippen LogP contribution in [0.5, 0.6) is 0 Å². The van der Waals surface area contributed by atoms with E-state index in [2.05, 4.69) is 21.6 Å². The molecule has 2 N–H and O–H groups in total. The van der Waals surface area contributed by atoms with Gasteiger partial charge in [-0.05, 0) is 51.2 Å². The molecule has 0 unspecified atom stereocenters. The molecule has 0 aliphatic heterocycles. The van der Waals surface area contributed by atoms with Crippen LogP contribution in [0.15, 0.2) is 42.5 Å². The highest BCUT2D eigenvalue weighted by Crippen LogP contribution is 2.10. The predicted octanol–water partition coefficient (Wildman–Crippen LogP) is 2.41. The van der Waals surface area contributed by atoms with Crippen molar-refractivity contribution in [2.45, 2.75) is 26.9 Å². The first-order valence-electron chi connectivity index (χ1n) is 8.70. The highest BCUT2D eigenvalue weighted by molar-refractivity contribution is 5.96. The van der Waals surface area contributed by atoms with E-state index in [9.17, 15) is 9.59 Å². The third-order valence-electron chi connectivity index (χ3n) is 3.97. The lowest BCUT2D eigenvalue weighted by Crippen LogP contribution is -2.36. The minimum absolute atomic E-state index is 0.0400. The first kappa shape index (κ1) is 19.7. The Hall–Kier alpha value is -2.66. The van der Waals surface area contributed by atoms with Gasteiger partial charge in [-0.2, -0.15) is 0 Å². The van der Waals surface area contributed by atoms with E-state index in [0.29, 0.717) is 12.1 Å². The van der Waals surface area contributed by atoms with Gasteiger partial charge < -0.3 is 15.5 Å². The zero-order valence-corrected chi connectivity index (χ0v) is 15.9. The Morgan fingerprint density at radius 1 is 0.923 bits per heavy atom. The van der Waals surface area contributed by atoms with Crippen LogP contribution in [0, 0.1) is 13.8 Å². The molecule has 0 fully saturated rings. The molecule has 0 aliphatic rings. The Morgan fingerprint density at radius 3 is 2.15 bits per heavy atom. The van der Waals surface area contributed by atoms with Crippen LogP contribution in [-0.2, 0) is 17.9 Å². The van der Waals surface area contributed by atoms with Gasteiger partial charge in [-0.3, -0.25) is 9.59 Å². The van der Waals surface area contributed by atoms with Crippen molar-refractivity contribution >= 4 is 11.8 Å². The van der Waals surface area contributed by atoms with Crippen LogP contribution in [0.25, 0.3) is 0 Å². The maximum atomic E-state index is 12.2. The second kappa shape index (κ2) is 9.15. The predicted molar refractivity (Wildman–Crippen MR) is 104 cm³/mol. The van der Waals surface area contributed by atoms with Crippen LogP contribution in [0.3, 0.4) is 0 Å². The van der Waals surface area contributed by atoms with Gasteiger partial charge in [0.25, 0.3) is 5.91 Å². The molecule has 2 rings (SSSR count). The normalized spacial score (nSPS) is 10.7. The van der Waals surface area contributed by atoms with Crippen LogP contribution in [0.4, 0.5) is 0 Å². The molecule has 138 valence electrons. The maximum Gasteiger partial charge on any atom is 0.251 e. The highest BCUT2D eigenvalue weighted by Gasteiger charge is 2.10. The standard InChI is InChI=1S/C21H27N3O2/c1-15-9-16(2)11-19(10-15)21(26)23-13-20(25)22-12-17-7-5-6-8-18(17)14-24(3)4/h5-11H,12-14H2,1-4H3,(H,22,25)(H,23,26). The quantitative estimate of drug-likeness (QED) is 0.804. The van der Waals surface area contributed by atoms with Gasteiger partial charge >= 0.3 is 0 Å². The monoisotopic (exact) mass is 353 g/mol. The first-order valence-corrected chi connectivity index (χ1v) is 8.70. The molecule has 0 heterocycles. The molecule has 2 aromatic carbocycles. The van der Waals surface area contributed by atoms with Crippen molar-refractivity contribution in [1.29, 1.82) is 0 Å². The van der Waals surface area contributed by atoms with E-state index in [0.717, 1.165) is 23.2 Å². The number of carbonyl (C=O) groups is 2. The SMILES string of the molecule is Cc1cc(C)cc(C(=O)NCC(=O)NCc2ccccc2CN(C)C)c1. The molecular formula is C21H27N3O2. The van der Waals surface area contributed by atoms with Crippen molar-refractivity contribution in [2.75, 3.05) is 20.6 Å². The minimum atomic E-state index is -0.236. The van der Waals surface area contributed by atoms with Crippen molar-refractivity contribution in [2.24, 2.45) is 0 Å². The zero-order valence-electron chi connectivity index (χ0n) is 15.9. The summed E-state index contributed by atoms with van der Waals surface area (Å²) in [5, 5.41) is 5.55.